The molecule has 1 aliphatic carbocycles. The average molecular weight is 208 g/mol. The first-order valence-electron chi connectivity index (χ1n) is 5.41. The molecular formula is C12H16O3. The zero-order valence-corrected chi connectivity index (χ0v) is 8.94. The fraction of sp³-hybridized carbons (Fsp3) is 0.583. The molecule has 2 unspecified atom stereocenters. The standard InChI is InChI=1S/C12H16O3/c1-9-4-5-10(13)7-12(9)15-8-11-3-2-6-14-11/h2-3,6,9,12H,4-5,7-8H2,1H3. The number of hydrogen-bond acceptors (Lipinski definition) is 3. The normalized spacial score (nSPS) is 26.9. The summed E-state index contributed by atoms with van der Waals surface area (Å²) in [4.78, 5) is 11.3. The Balaban J connectivity index is 1.85. The summed E-state index contributed by atoms with van der Waals surface area (Å²) in [6.45, 7) is 2.61. The quantitative estimate of drug-likeness (QED) is 0.766. The summed E-state index contributed by atoms with van der Waals surface area (Å²) in [6.07, 6.45) is 3.91. The highest BCUT2D eigenvalue weighted by Crippen LogP contribution is 2.25. The highest BCUT2D eigenvalue weighted by atomic mass is 16.5. The number of furan rings is 1. The van der Waals surface area contributed by atoms with E-state index in [0.717, 1.165) is 12.2 Å². The zero-order valence-electron chi connectivity index (χ0n) is 8.94. The Kier molecular flexibility index (Phi) is 3.21. The van der Waals surface area contributed by atoms with Gasteiger partial charge in [-0.3, -0.25) is 4.79 Å². The van der Waals surface area contributed by atoms with Crippen molar-refractivity contribution in [2.75, 3.05) is 0 Å². The molecule has 0 amide bonds. The highest BCUT2D eigenvalue weighted by molar-refractivity contribution is 5.79. The Morgan fingerprint density at radius 1 is 1.60 bits per heavy atom. The molecule has 1 aliphatic rings. The third-order valence-electron chi connectivity index (χ3n) is 2.96. The number of rotatable bonds is 3. The first-order chi connectivity index (χ1) is 7.25. The molecule has 3 heteroatoms. The average Bonchev–Trinajstić information content (AvgIpc) is 2.72. The van der Waals surface area contributed by atoms with E-state index in [1.165, 1.54) is 0 Å². The number of Topliss-reactive ketones (excluding diaryl/α,β-unsaturated/α-hetero) is 1. The van der Waals surface area contributed by atoms with Crippen molar-refractivity contribution in [1.29, 1.82) is 0 Å². The maximum atomic E-state index is 11.3. The molecule has 0 saturated heterocycles. The third-order valence-corrected chi connectivity index (χ3v) is 2.96. The van der Waals surface area contributed by atoms with E-state index in [1.54, 1.807) is 6.26 Å². The summed E-state index contributed by atoms with van der Waals surface area (Å²) in [5.41, 5.74) is 0. The molecule has 1 heterocycles. The van der Waals surface area contributed by atoms with Gasteiger partial charge in [-0.2, -0.15) is 0 Å². The van der Waals surface area contributed by atoms with E-state index >= 15 is 0 Å². The van der Waals surface area contributed by atoms with Crippen LogP contribution in [0.2, 0.25) is 0 Å². The van der Waals surface area contributed by atoms with Crippen molar-refractivity contribution in [2.24, 2.45) is 5.92 Å². The van der Waals surface area contributed by atoms with Crippen LogP contribution in [0.4, 0.5) is 0 Å². The van der Waals surface area contributed by atoms with Crippen LogP contribution in [0, 0.1) is 5.92 Å². The SMILES string of the molecule is CC1CCC(=O)CC1OCc1ccco1. The number of carbonyl (C=O) groups is 1. The summed E-state index contributed by atoms with van der Waals surface area (Å²) in [7, 11) is 0. The fourth-order valence-corrected chi connectivity index (χ4v) is 1.91. The Bertz CT molecular complexity index is 316. The van der Waals surface area contributed by atoms with Gasteiger partial charge in [-0.05, 0) is 24.5 Å². The number of ether oxygens (including phenoxy) is 1. The van der Waals surface area contributed by atoms with E-state index < -0.39 is 0 Å². The van der Waals surface area contributed by atoms with Crippen LogP contribution >= 0.6 is 0 Å². The third kappa shape index (κ3) is 2.69. The molecule has 0 aliphatic heterocycles. The predicted molar refractivity (Wildman–Crippen MR) is 55.3 cm³/mol. The van der Waals surface area contributed by atoms with Gasteiger partial charge in [-0.1, -0.05) is 6.92 Å². The molecule has 0 aromatic carbocycles. The molecule has 1 aromatic heterocycles. The van der Waals surface area contributed by atoms with E-state index in [2.05, 4.69) is 6.92 Å². The summed E-state index contributed by atoms with van der Waals surface area (Å²) >= 11 is 0. The Hall–Kier alpha value is -1.09. The largest absolute Gasteiger partial charge is 0.467 e. The lowest BCUT2D eigenvalue weighted by molar-refractivity contribution is -0.127. The molecule has 0 radical (unpaired) electrons. The van der Waals surface area contributed by atoms with Crippen LogP contribution in [0.5, 0.6) is 0 Å². The molecule has 15 heavy (non-hydrogen) atoms. The lowest BCUT2D eigenvalue weighted by Crippen LogP contribution is -2.30. The van der Waals surface area contributed by atoms with E-state index in [1.807, 2.05) is 12.1 Å². The molecule has 0 N–H and O–H groups in total. The summed E-state index contributed by atoms with van der Waals surface area (Å²) in [6, 6.07) is 3.73. The van der Waals surface area contributed by atoms with Crippen LogP contribution in [0.1, 0.15) is 31.9 Å². The first kappa shape index (κ1) is 10.4. The van der Waals surface area contributed by atoms with Gasteiger partial charge in [-0.25, -0.2) is 0 Å². The maximum absolute atomic E-state index is 11.3. The van der Waals surface area contributed by atoms with Gasteiger partial charge in [0.2, 0.25) is 0 Å². The Morgan fingerprint density at radius 2 is 2.47 bits per heavy atom. The van der Waals surface area contributed by atoms with Crippen LogP contribution in [0.15, 0.2) is 22.8 Å². The van der Waals surface area contributed by atoms with Crippen molar-refractivity contribution in [3.05, 3.63) is 24.2 Å². The van der Waals surface area contributed by atoms with E-state index in [0.29, 0.717) is 31.1 Å². The van der Waals surface area contributed by atoms with E-state index in [4.69, 9.17) is 9.15 Å². The highest BCUT2D eigenvalue weighted by Gasteiger charge is 2.26. The van der Waals surface area contributed by atoms with Gasteiger partial charge in [-0.15, -0.1) is 0 Å². The second kappa shape index (κ2) is 4.62. The second-order valence-electron chi connectivity index (χ2n) is 4.19. The van der Waals surface area contributed by atoms with E-state index in [-0.39, 0.29) is 6.10 Å². The molecule has 1 aromatic rings. The minimum absolute atomic E-state index is 0.0661. The molecule has 1 saturated carbocycles. The number of carbonyl (C=O) groups excluding carboxylic acids is 1. The lowest BCUT2D eigenvalue weighted by Gasteiger charge is -2.27. The molecule has 82 valence electrons. The summed E-state index contributed by atoms with van der Waals surface area (Å²) in [5, 5.41) is 0. The lowest BCUT2D eigenvalue weighted by atomic mass is 9.87. The fourth-order valence-electron chi connectivity index (χ4n) is 1.91. The van der Waals surface area contributed by atoms with Crippen molar-refractivity contribution in [3.63, 3.8) is 0 Å². The van der Waals surface area contributed by atoms with Crippen LogP contribution in [0.3, 0.4) is 0 Å². The van der Waals surface area contributed by atoms with Crippen LogP contribution in [-0.4, -0.2) is 11.9 Å². The van der Waals surface area contributed by atoms with Gasteiger partial charge in [0.15, 0.2) is 0 Å². The number of hydrogen-bond donors (Lipinski definition) is 0. The van der Waals surface area contributed by atoms with Crippen LogP contribution < -0.4 is 0 Å². The summed E-state index contributed by atoms with van der Waals surface area (Å²) < 4.78 is 10.9. The van der Waals surface area contributed by atoms with Crippen LogP contribution in [0.25, 0.3) is 0 Å². The van der Waals surface area contributed by atoms with Crippen LogP contribution in [-0.2, 0) is 16.1 Å². The van der Waals surface area contributed by atoms with Gasteiger partial charge < -0.3 is 9.15 Å². The van der Waals surface area contributed by atoms with E-state index in [9.17, 15) is 4.79 Å². The predicted octanol–water partition coefficient (Wildman–Crippen LogP) is 2.55. The molecule has 0 spiro atoms. The smallest absolute Gasteiger partial charge is 0.135 e. The zero-order chi connectivity index (χ0) is 10.7. The topological polar surface area (TPSA) is 39.4 Å². The molecule has 3 nitrogen and oxygen atoms in total. The molecule has 2 rings (SSSR count). The Morgan fingerprint density at radius 3 is 3.20 bits per heavy atom. The van der Waals surface area contributed by atoms with Gasteiger partial charge in [0.1, 0.15) is 18.2 Å². The van der Waals surface area contributed by atoms with Crippen molar-refractivity contribution in [1.82, 2.24) is 0 Å². The minimum atomic E-state index is 0.0661. The Labute approximate surface area is 89.4 Å². The minimum Gasteiger partial charge on any atom is -0.467 e. The van der Waals surface area contributed by atoms with Crippen molar-refractivity contribution < 1.29 is 13.9 Å². The second-order valence-corrected chi connectivity index (χ2v) is 4.19. The molecule has 2 atom stereocenters. The van der Waals surface area contributed by atoms with Gasteiger partial charge in [0, 0.05) is 12.8 Å². The molecule has 1 fully saturated rings. The van der Waals surface area contributed by atoms with Crippen molar-refractivity contribution in [2.45, 2.75) is 38.9 Å². The maximum Gasteiger partial charge on any atom is 0.135 e. The van der Waals surface area contributed by atoms with Crippen molar-refractivity contribution in [3.8, 4) is 0 Å². The molecule has 0 bridgehead atoms. The van der Waals surface area contributed by atoms with Gasteiger partial charge in [0.05, 0.1) is 12.4 Å². The van der Waals surface area contributed by atoms with Gasteiger partial charge in [0.25, 0.3) is 0 Å². The van der Waals surface area contributed by atoms with Crippen molar-refractivity contribution >= 4 is 5.78 Å². The van der Waals surface area contributed by atoms with Gasteiger partial charge >= 0.3 is 0 Å². The summed E-state index contributed by atoms with van der Waals surface area (Å²) in [5.74, 6) is 1.61. The molecular weight excluding hydrogens is 192 g/mol. The first-order valence-corrected chi connectivity index (χ1v) is 5.41. The number of ketones is 1. The monoisotopic (exact) mass is 208 g/mol.